The molecule has 0 bridgehead atoms. The molecule has 5 N–H and O–H groups in total. The zero-order chi connectivity index (χ0) is 11.5. The second-order valence-corrected chi connectivity index (χ2v) is 5.47. The topological polar surface area (TPSA) is 77.0 Å². The maximum Gasteiger partial charge on any atom is 0.128 e. The third-order valence-electron chi connectivity index (χ3n) is 3.07. The Hall–Kier alpha value is -0.780. The molecule has 0 spiro atoms. The van der Waals surface area contributed by atoms with E-state index in [4.69, 9.17) is 11.6 Å². The SMILES string of the molecule is Cc1ccnc(N)c1C(NN)C1CCCS1. The Morgan fingerprint density at radius 2 is 2.44 bits per heavy atom. The Labute approximate surface area is 100 Å². The highest BCUT2D eigenvalue weighted by molar-refractivity contribution is 8.00. The summed E-state index contributed by atoms with van der Waals surface area (Å²) in [5, 5.41) is 0.509. The molecular formula is C11H18N4S. The summed E-state index contributed by atoms with van der Waals surface area (Å²) in [7, 11) is 0. The van der Waals surface area contributed by atoms with Gasteiger partial charge in [-0.1, -0.05) is 0 Å². The van der Waals surface area contributed by atoms with E-state index in [0.29, 0.717) is 11.1 Å². The minimum atomic E-state index is 0.112. The maximum absolute atomic E-state index is 5.95. The molecule has 0 radical (unpaired) electrons. The predicted molar refractivity (Wildman–Crippen MR) is 68.9 cm³/mol. The highest BCUT2D eigenvalue weighted by Gasteiger charge is 2.28. The molecule has 1 aliphatic heterocycles. The Kier molecular flexibility index (Phi) is 3.68. The Morgan fingerprint density at radius 3 is 3.00 bits per heavy atom. The van der Waals surface area contributed by atoms with E-state index in [1.54, 1.807) is 6.20 Å². The van der Waals surface area contributed by atoms with Crippen LogP contribution >= 0.6 is 11.8 Å². The van der Waals surface area contributed by atoms with Crippen molar-refractivity contribution in [1.29, 1.82) is 0 Å². The highest BCUT2D eigenvalue weighted by Crippen LogP contribution is 2.37. The number of rotatable bonds is 3. The molecule has 2 rings (SSSR count). The molecule has 0 amide bonds. The van der Waals surface area contributed by atoms with Gasteiger partial charge in [0.2, 0.25) is 0 Å². The summed E-state index contributed by atoms with van der Waals surface area (Å²) in [6.45, 7) is 2.05. The van der Waals surface area contributed by atoms with Crippen molar-refractivity contribution in [2.45, 2.75) is 31.1 Å². The molecule has 2 heterocycles. The molecule has 1 aliphatic rings. The summed E-state index contributed by atoms with van der Waals surface area (Å²) in [5.41, 5.74) is 11.1. The monoisotopic (exact) mass is 238 g/mol. The summed E-state index contributed by atoms with van der Waals surface area (Å²) in [6, 6.07) is 2.09. The van der Waals surface area contributed by atoms with Gasteiger partial charge in [0.25, 0.3) is 0 Å². The average Bonchev–Trinajstić information content (AvgIpc) is 2.77. The first-order valence-electron chi connectivity index (χ1n) is 5.52. The number of nitrogens with one attached hydrogen (secondary N) is 1. The summed E-state index contributed by atoms with van der Waals surface area (Å²) in [4.78, 5) is 4.15. The molecule has 2 unspecified atom stereocenters. The van der Waals surface area contributed by atoms with Crippen LogP contribution in [0.2, 0.25) is 0 Å². The molecule has 0 aliphatic carbocycles. The van der Waals surface area contributed by atoms with E-state index >= 15 is 0 Å². The number of hydrazine groups is 1. The van der Waals surface area contributed by atoms with Crippen LogP contribution in [0.5, 0.6) is 0 Å². The van der Waals surface area contributed by atoms with Crippen LogP contribution < -0.4 is 17.0 Å². The van der Waals surface area contributed by atoms with Gasteiger partial charge in [0.05, 0.1) is 6.04 Å². The van der Waals surface area contributed by atoms with Crippen molar-refractivity contribution in [3.63, 3.8) is 0 Å². The van der Waals surface area contributed by atoms with Crippen LogP contribution in [0.1, 0.15) is 30.0 Å². The molecular weight excluding hydrogens is 220 g/mol. The smallest absolute Gasteiger partial charge is 0.128 e. The number of hydrogen-bond acceptors (Lipinski definition) is 5. The minimum absolute atomic E-state index is 0.112. The van der Waals surface area contributed by atoms with Crippen molar-refractivity contribution in [3.05, 3.63) is 23.4 Å². The largest absolute Gasteiger partial charge is 0.383 e. The van der Waals surface area contributed by atoms with Gasteiger partial charge in [-0.3, -0.25) is 11.3 Å². The average molecular weight is 238 g/mol. The van der Waals surface area contributed by atoms with E-state index in [9.17, 15) is 0 Å². The van der Waals surface area contributed by atoms with Gasteiger partial charge in [0, 0.05) is 17.0 Å². The van der Waals surface area contributed by atoms with Crippen molar-refractivity contribution >= 4 is 17.6 Å². The van der Waals surface area contributed by atoms with Gasteiger partial charge < -0.3 is 5.73 Å². The predicted octanol–water partition coefficient (Wildman–Crippen LogP) is 1.37. The third-order valence-corrected chi connectivity index (χ3v) is 4.53. The number of pyridine rings is 1. The summed E-state index contributed by atoms with van der Waals surface area (Å²) in [6.07, 6.45) is 4.18. The van der Waals surface area contributed by atoms with E-state index in [2.05, 4.69) is 17.3 Å². The van der Waals surface area contributed by atoms with Crippen molar-refractivity contribution < 1.29 is 0 Å². The van der Waals surface area contributed by atoms with Crippen LogP contribution in [0, 0.1) is 6.92 Å². The Morgan fingerprint density at radius 1 is 1.62 bits per heavy atom. The van der Waals surface area contributed by atoms with E-state index in [-0.39, 0.29) is 6.04 Å². The molecule has 1 aromatic rings. The molecule has 1 aromatic heterocycles. The Bertz CT molecular complexity index is 343. The van der Waals surface area contributed by atoms with Crippen molar-refractivity contribution in [3.8, 4) is 0 Å². The number of nitrogen functional groups attached to an aromatic ring is 1. The van der Waals surface area contributed by atoms with Gasteiger partial charge in [0.15, 0.2) is 0 Å². The molecule has 1 fully saturated rings. The molecule has 4 nitrogen and oxygen atoms in total. The molecule has 88 valence electrons. The van der Waals surface area contributed by atoms with Crippen LogP contribution in [-0.2, 0) is 0 Å². The van der Waals surface area contributed by atoms with E-state index in [1.165, 1.54) is 18.6 Å². The van der Waals surface area contributed by atoms with Gasteiger partial charge in [-0.2, -0.15) is 11.8 Å². The Balaban J connectivity index is 2.32. The number of anilines is 1. The first-order valence-corrected chi connectivity index (χ1v) is 6.57. The van der Waals surface area contributed by atoms with Crippen molar-refractivity contribution in [1.82, 2.24) is 10.4 Å². The molecule has 1 saturated heterocycles. The minimum Gasteiger partial charge on any atom is -0.383 e. The van der Waals surface area contributed by atoms with Gasteiger partial charge in [0.1, 0.15) is 5.82 Å². The quantitative estimate of drug-likeness (QED) is 0.548. The highest BCUT2D eigenvalue weighted by atomic mass is 32.2. The van der Waals surface area contributed by atoms with Gasteiger partial charge in [-0.25, -0.2) is 4.98 Å². The summed E-state index contributed by atoms with van der Waals surface area (Å²) < 4.78 is 0. The molecule has 5 heteroatoms. The van der Waals surface area contributed by atoms with Crippen molar-refractivity contribution in [2.24, 2.45) is 5.84 Å². The lowest BCUT2D eigenvalue weighted by atomic mass is 9.98. The van der Waals surface area contributed by atoms with Crippen molar-refractivity contribution in [2.75, 3.05) is 11.5 Å². The zero-order valence-electron chi connectivity index (χ0n) is 9.44. The van der Waals surface area contributed by atoms with E-state index in [1.807, 2.05) is 17.8 Å². The van der Waals surface area contributed by atoms with Gasteiger partial charge >= 0.3 is 0 Å². The first kappa shape index (κ1) is 11.7. The number of nitrogens with zero attached hydrogens (tertiary/aromatic N) is 1. The summed E-state index contributed by atoms with van der Waals surface area (Å²) >= 11 is 1.96. The number of aromatic nitrogens is 1. The van der Waals surface area contributed by atoms with E-state index in [0.717, 1.165) is 11.1 Å². The summed E-state index contributed by atoms with van der Waals surface area (Å²) in [5.74, 6) is 7.48. The van der Waals surface area contributed by atoms with E-state index < -0.39 is 0 Å². The first-order chi connectivity index (χ1) is 7.74. The molecule has 0 aromatic carbocycles. The lowest BCUT2D eigenvalue weighted by Crippen LogP contribution is -2.35. The fourth-order valence-corrected chi connectivity index (χ4v) is 3.61. The van der Waals surface area contributed by atoms with Crippen LogP contribution in [0.15, 0.2) is 12.3 Å². The number of hydrogen-bond donors (Lipinski definition) is 3. The molecule has 2 atom stereocenters. The second kappa shape index (κ2) is 5.03. The zero-order valence-corrected chi connectivity index (χ0v) is 10.3. The fourth-order valence-electron chi connectivity index (χ4n) is 2.24. The lowest BCUT2D eigenvalue weighted by Gasteiger charge is -2.24. The number of nitrogens with two attached hydrogens (primary N) is 2. The molecule has 16 heavy (non-hydrogen) atoms. The number of thioether (sulfide) groups is 1. The molecule has 0 saturated carbocycles. The van der Waals surface area contributed by atoms with Crippen LogP contribution in [0.25, 0.3) is 0 Å². The van der Waals surface area contributed by atoms with Crippen LogP contribution in [-0.4, -0.2) is 16.0 Å². The van der Waals surface area contributed by atoms with Gasteiger partial charge in [-0.15, -0.1) is 0 Å². The maximum atomic E-state index is 5.95. The lowest BCUT2D eigenvalue weighted by molar-refractivity contribution is 0.518. The number of aryl methyl sites for hydroxylation is 1. The van der Waals surface area contributed by atoms with Crippen LogP contribution in [0.4, 0.5) is 5.82 Å². The second-order valence-electron chi connectivity index (χ2n) is 4.12. The van der Waals surface area contributed by atoms with Crippen LogP contribution in [0.3, 0.4) is 0 Å². The fraction of sp³-hybridized carbons (Fsp3) is 0.545. The van der Waals surface area contributed by atoms with Gasteiger partial charge in [-0.05, 0) is 37.1 Å². The third kappa shape index (κ3) is 2.16. The standard InChI is InChI=1S/C11H18N4S/c1-7-4-5-14-11(12)9(7)10(15-13)8-3-2-6-16-8/h4-5,8,10,15H,2-3,6,13H2,1H3,(H2,12,14). The normalized spacial score (nSPS) is 22.2.